The van der Waals surface area contributed by atoms with E-state index in [2.05, 4.69) is 16.0 Å². The van der Waals surface area contributed by atoms with Gasteiger partial charge in [-0.15, -0.1) is 0 Å². The van der Waals surface area contributed by atoms with Crippen LogP contribution in [0, 0.1) is 0 Å². The average molecular weight is 229 g/mol. The first-order valence-electron chi connectivity index (χ1n) is 5.55. The Morgan fingerprint density at radius 2 is 2.38 bits per heavy atom. The average Bonchev–Trinajstić information content (AvgIpc) is 2.45. The van der Waals surface area contributed by atoms with E-state index in [1.165, 1.54) is 0 Å². The highest BCUT2D eigenvalue weighted by Crippen LogP contribution is 2.04. The lowest BCUT2D eigenvalue weighted by Gasteiger charge is -2.15. The molecule has 16 heavy (non-hydrogen) atoms. The van der Waals surface area contributed by atoms with Crippen LogP contribution < -0.4 is 16.0 Å². The molecule has 3 amide bonds. The minimum atomic E-state index is -0.412. The molecule has 0 saturated carbocycles. The third-order valence-corrected chi connectivity index (χ3v) is 2.43. The largest absolute Gasteiger partial charge is 0.383 e. The van der Waals surface area contributed by atoms with Gasteiger partial charge in [0.1, 0.15) is 6.04 Å². The van der Waals surface area contributed by atoms with Crippen LogP contribution in [0.5, 0.6) is 0 Å². The summed E-state index contributed by atoms with van der Waals surface area (Å²) in [6, 6.07) is -0.732. The van der Waals surface area contributed by atoms with Crippen LogP contribution in [0.1, 0.15) is 19.3 Å². The molecule has 0 aromatic rings. The fourth-order valence-corrected chi connectivity index (χ4v) is 1.55. The number of rotatable bonds is 4. The highest BCUT2D eigenvalue weighted by atomic mass is 16.5. The van der Waals surface area contributed by atoms with Crippen molar-refractivity contribution in [1.29, 1.82) is 0 Å². The highest BCUT2D eigenvalue weighted by molar-refractivity contribution is 5.87. The zero-order valence-corrected chi connectivity index (χ0v) is 9.54. The summed E-state index contributed by atoms with van der Waals surface area (Å²) < 4.78 is 4.80. The highest BCUT2D eigenvalue weighted by Gasteiger charge is 2.21. The zero-order valence-electron chi connectivity index (χ0n) is 9.54. The summed E-state index contributed by atoms with van der Waals surface area (Å²) in [6.45, 7) is 1.60. The number of nitrogens with one attached hydrogen (secondary N) is 3. The van der Waals surface area contributed by atoms with E-state index in [9.17, 15) is 9.59 Å². The Hall–Kier alpha value is -1.30. The minimum absolute atomic E-state index is 0.0978. The van der Waals surface area contributed by atoms with Crippen LogP contribution in [0.4, 0.5) is 4.79 Å². The van der Waals surface area contributed by atoms with Gasteiger partial charge in [0.05, 0.1) is 6.61 Å². The van der Waals surface area contributed by atoms with Crippen molar-refractivity contribution >= 4 is 11.9 Å². The molecule has 6 nitrogen and oxygen atoms in total. The van der Waals surface area contributed by atoms with Crippen LogP contribution in [0.25, 0.3) is 0 Å². The Kier molecular flexibility index (Phi) is 5.63. The van der Waals surface area contributed by atoms with E-state index in [1.54, 1.807) is 7.11 Å². The summed E-state index contributed by atoms with van der Waals surface area (Å²) in [4.78, 5) is 22.9. The van der Waals surface area contributed by atoms with Crippen molar-refractivity contribution in [3.05, 3.63) is 0 Å². The topological polar surface area (TPSA) is 79.5 Å². The molecule has 0 aliphatic carbocycles. The molecule has 1 atom stereocenters. The first-order chi connectivity index (χ1) is 7.74. The summed E-state index contributed by atoms with van der Waals surface area (Å²) in [5.74, 6) is -0.0978. The van der Waals surface area contributed by atoms with E-state index >= 15 is 0 Å². The van der Waals surface area contributed by atoms with Crippen LogP contribution in [0.15, 0.2) is 0 Å². The maximum atomic E-state index is 11.5. The Bertz CT molecular complexity index is 245. The molecule has 92 valence electrons. The zero-order chi connectivity index (χ0) is 11.8. The van der Waals surface area contributed by atoms with Gasteiger partial charge in [0.15, 0.2) is 0 Å². The Morgan fingerprint density at radius 1 is 1.56 bits per heavy atom. The van der Waals surface area contributed by atoms with Crippen LogP contribution in [-0.4, -0.2) is 44.8 Å². The van der Waals surface area contributed by atoms with Gasteiger partial charge >= 0.3 is 6.03 Å². The second-order valence-corrected chi connectivity index (χ2v) is 3.73. The van der Waals surface area contributed by atoms with E-state index in [-0.39, 0.29) is 11.9 Å². The molecule has 1 rings (SSSR count). The van der Waals surface area contributed by atoms with Gasteiger partial charge in [-0.3, -0.25) is 4.79 Å². The Balaban J connectivity index is 2.27. The van der Waals surface area contributed by atoms with Crippen LogP contribution in [0.3, 0.4) is 0 Å². The van der Waals surface area contributed by atoms with E-state index < -0.39 is 6.04 Å². The summed E-state index contributed by atoms with van der Waals surface area (Å²) in [5.41, 5.74) is 0. The van der Waals surface area contributed by atoms with Crippen molar-refractivity contribution in [2.45, 2.75) is 25.3 Å². The molecule has 0 bridgehead atoms. The molecule has 0 aromatic carbocycles. The van der Waals surface area contributed by atoms with Gasteiger partial charge in [0, 0.05) is 20.2 Å². The number of ether oxygens (including phenoxy) is 1. The normalized spacial score (nSPS) is 20.8. The third kappa shape index (κ3) is 4.48. The van der Waals surface area contributed by atoms with E-state index in [4.69, 9.17) is 4.74 Å². The van der Waals surface area contributed by atoms with E-state index in [0.29, 0.717) is 26.1 Å². The van der Waals surface area contributed by atoms with Gasteiger partial charge in [0.2, 0.25) is 5.91 Å². The van der Waals surface area contributed by atoms with Gasteiger partial charge in [-0.05, 0) is 19.3 Å². The van der Waals surface area contributed by atoms with Crippen molar-refractivity contribution in [2.75, 3.05) is 26.8 Å². The summed E-state index contributed by atoms with van der Waals surface area (Å²) in [6.07, 6.45) is 2.61. The predicted octanol–water partition coefficient (Wildman–Crippen LogP) is -0.399. The Labute approximate surface area is 95.1 Å². The summed E-state index contributed by atoms with van der Waals surface area (Å²) in [5, 5.41) is 8.03. The fourth-order valence-electron chi connectivity index (χ4n) is 1.55. The summed E-state index contributed by atoms with van der Waals surface area (Å²) >= 11 is 0. The molecule has 1 fully saturated rings. The molecular formula is C10H19N3O3. The maximum Gasteiger partial charge on any atom is 0.315 e. The van der Waals surface area contributed by atoms with Gasteiger partial charge in [-0.1, -0.05) is 0 Å². The Morgan fingerprint density at radius 3 is 3.12 bits per heavy atom. The molecule has 6 heteroatoms. The number of carbonyl (C=O) groups is 2. The predicted molar refractivity (Wildman–Crippen MR) is 59.1 cm³/mol. The molecule has 1 saturated heterocycles. The first kappa shape index (κ1) is 12.8. The van der Waals surface area contributed by atoms with E-state index in [1.807, 2.05) is 0 Å². The number of hydrogen-bond acceptors (Lipinski definition) is 3. The van der Waals surface area contributed by atoms with Crippen LogP contribution in [-0.2, 0) is 9.53 Å². The van der Waals surface area contributed by atoms with Gasteiger partial charge in [0.25, 0.3) is 0 Å². The number of methoxy groups -OCH3 is 1. The quantitative estimate of drug-likeness (QED) is 0.574. The smallest absolute Gasteiger partial charge is 0.315 e. The first-order valence-corrected chi connectivity index (χ1v) is 5.55. The van der Waals surface area contributed by atoms with Crippen LogP contribution in [0.2, 0.25) is 0 Å². The summed E-state index contributed by atoms with van der Waals surface area (Å²) in [7, 11) is 1.57. The maximum absolute atomic E-state index is 11.5. The van der Waals surface area contributed by atoms with Gasteiger partial charge < -0.3 is 20.7 Å². The van der Waals surface area contributed by atoms with Gasteiger partial charge in [-0.2, -0.15) is 0 Å². The standard InChI is InChI=1S/C10H19N3O3/c1-16-7-6-12-10(15)13-8-4-2-3-5-11-9(8)14/h8H,2-7H2,1H3,(H,11,14)(H2,12,13,15)/t8-/m0/s1. The lowest BCUT2D eigenvalue weighted by atomic mass is 10.1. The second kappa shape index (κ2) is 7.05. The van der Waals surface area contributed by atoms with Crippen molar-refractivity contribution in [1.82, 2.24) is 16.0 Å². The van der Waals surface area contributed by atoms with Crippen molar-refractivity contribution in [3.8, 4) is 0 Å². The minimum Gasteiger partial charge on any atom is -0.383 e. The molecule has 1 aliphatic rings. The number of carbonyl (C=O) groups excluding carboxylic acids is 2. The number of amides is 3. The number of hydrogen-bond donors (Lipinski definition) is 3. The van der Waals surface area contributed by atoms with Crippen molar-refractivity contribution in [2.24, 2.45) is 0 Å². The molecule has 1 heterocycles. The lowest BCUT2D eigenvalue weighted by Crippen LogP contribution is -2.49. The fraction of sp³-hybridized carbons (Fsp3) is 0.800. The van der Waals surface area contributed by atoms with Crippen molar-refractivity contribution < 1.29 is 14.3 Å². The monoisotopic (exact) mass is 229 g/mol. The van der Waals surface area contributed by atoms with Crippen molar-refractivity contribution in [3.63, 3.8) is 0 Å². The SMILES string of the molecule is COCCNC(=O)N[C@H]1CCCCNC1=O. The van der Waals surface area contributed by atoms with Crippen LogP contribution >= 0.6 is 0 Å². The second-order valence-electron chi connectivity index (χ2n) is 3.73. The third-order valence-electron chi connectivity index (χ3n) is 2.43. The molecule has 1 aliphatic heterocycles. The molecule has 0 unspecified atom stereocenters. The molecule has 3 N–H and O–H groups in total. The van der Waals surface area contributed by atoms with E-state index in [0.717, 1.165) is 12.8 Å². The lowest BCUT2D eigenvalue weighted by molar-refractivity contribution is -0.122. The molecule has 0 aromatic heterocycles. The molecular weight excluding hydrogens is 210 g/mol. The number of urea groups is 1. The van der Waals surface area contributed by atoms with Gasteiger partial charge in [-0.25, -0.2) is 4.79 Å². The molecule has 0 spiro atoms. The molecule has 0 radical (unpaired) electrons.